The van der Waals surface area contributed by atoms with E-state index in [0.29, 0.717) is 12.3 Å². The number of rotatable bonds is 7. The molecule has 0 amide bonds. The van der Waals surface area contributed by atoms with E-state index in [9.17, 15) is 5.11 Å². The maximum Gasteiger partial charge on any atom is 0.125 e. The summed E-state index contributed by atoms with van der Waals surface area (Å²) in [5.74, 6) is 1.39. The van der Waals surface area contributed by atoms with Crippen LogP contribution in [0.1, 0.15) is 51.7 Å². The van der Waals surface area contributed by atoms with Gasteiger partial charge in [0, 0.05) is 5.56 Å². The molecule has 0 saturated heterocycles. The standard InChI is InChI=1S/C15H24O2/c1-4-8-12(3)11-17-15-10-7-6-9-13(15)14(16)5-2/h6-7,9-10,12,14,16H,4-5,8,11H2,1-3H3. The highest BCUT2D eigenvalue weighted by Gasteiger charge is 2.11. The molecule has 2 heteroatoms. The zero-order valence-electron chi connectivity index (χ0n) is 11.1. The van der Waals surface area contributed by atoms with Gasteiger partial charge in [-0.25, -0.2) is 0 Å². The molecule has 0 aliphatic carbocycles. The molecule has 2 nitrogen and oxygen atoms in total. The molecule has 2 unspecified atom stereocenters. The maximum absolute atomic E-state index is 9.90. The molecule has 0 aromatic heterocycles. The predicted molar refractivity (Wildman–Crippen MR) is 71.3 cm³/mol. The van der Waals surface area contributed by atoms with Crippen LogP contribution >= 0.6 is 0 Å². The van der Waals surface area contributed by atoms with Gasteiger partial charge < -0.3 is 9.84 Å². The Morgan fingerprint density at radius 3 is 2.59 bits per heavy atom. The van der Waals surface area contributed by atoms with Crippen molar-refractivity contribution < 1.29 is 9.84 Å². The van der Waals surface area contributed by atoms with Crippen LogP contribution in [0, 0.1) is 5.92 Å². The SMILES string of the molecule is CCCC(C)COc1ccccc1C(O)CC. The molecule has 1 rings (SSSR count). The molecule has 0 heterocycles. The van der Waals surface area contributed by atoms with Crippen molar-refractivity contribution in [2.24, 2.45) is 5.92 Å². The minimum atomic E-state index is -0.423. The zero-order valence-corrected chi connectivity index (χ0v) is 11.1. The van der Waals surface area contributed by atoms with E-state index in [1.165, 1.54) is 12.8 Å². The Kier molecular flexibility index (Phi) is 6.06. The molecule has 2 atom stereocenters. The number of benzene rings is 1. The smallest absolute Gasteiger partial charge is 0.125 e. The fourth-order valence-electron chi connectivity index (χ4n) is 1.92. The number of hydrogen-bond donors (Lipinski definition) is 1. The van der Waals surface area contributed by atoms with Crippen molar-refractivity contribution in [3.8, 4) is 5.75 Å². The van der Waals surface area contributed by atoms with Crippen LogP contribution in [0.2, 0.25) is 0 Å². The van der Waals surface area contributed by atoms with Crippen molar-refractivity contribution in [3.05, 3.63) is 29.8 Å². The summed E-state index contributed by atoms with van der Waals surface area (Å²) >= 11 is 0. The average molecular weight is 236 g/mol. The lowest BCUT2D eigenvalue weighted by molar-refractivity contribution is 0.164. The molecular formula is C15H24O2. The lowest BCUT2D eigenvalue weighted by Gasteiger charge is -2.17. The van der Waals surface area contributed by atoms with Gasteiger partial charge in [0.2, 0.25) is 0 Å². The monoisotopic (exact) mass is 236 g/mol. The van der Waals surface area contributed by atoms with E-state index in [4.69, 9.17) is 4.74 Å². The van der Waals surface area contributed by atoms with E-state index in [2.05, 4.69) is 13.8 Å². The summed E-state index contributed by atoms with van der Waals surface area (Å²) in [6, 6.07) is 7.77. The summed E-state index contributed by atoms with van der Waals surface area (Å²) in [6.07, 6.45) is 2.65. The minimum Gasteiger partial charge on any atom is -0.493 e. The van der Waals surface area contributed by atoms with Gasteiger partial charge in [-0.15, -0.1) is 0 Å². The zero-order chi connectivity index (χ0) is 12.7. The van der Waals surface area contributed by atoms with Gasteiger partial charge in [-0.05, 0) is 24.8 Å². The number of aliphatic hydroxyl groups is 1. The van der Waals surface area contributed by atoms with E-state index in [1.54, 1.807) is 0 Å². The summed E-state index contributed by atoms with van der Waals surface area (Å²) in [4.78, 5) is 0. The topological polar surface area (TPSA) is 29.5 Å². The Bertz CT molecular complexity index is 322. The highest BCUT2D eigenvalue weighted by atomic mass is 16.5. The predicted octanol–water partition coefficient (Wildman–Crippen LogP) is 3.95. The summed E-state index contributed by atoms with van der Waals surface area (Å²) in [6.45, 7) is 7.08. The second-order valence-electron chi connectivity index (χ2n) is 4.67. The molecule has 0 saturated carbocycles. The Hall–Kier alpha value is -1.02. The van der Waals surface area contributed by atoms with Crippen LogP contribution in [0.5, 0.6) is 5.75 Å². The third kappa shape index (κ3) is 4.39. The van der Waals surface area contributed by atoms with Gasteiger partial charge in [-0.2, -0.15) is 0 Å². The van der Waals surface area contributed by atoms with Crippen molar-refractivity contribution in [2.75, 3.05) is 6.61 Å². The quantitative estimate of drug-likeness (QED) is 0.777. The van der Waals surface area contributed by atoms with Crippen LogP contribution < -0.4 is 4.74 Å². The first-order valence-corrected chi connectivity index (χ1v) is 6.58. The first-order valence-electron chi connectivity index (χ1n) is 6.58. The Morgan fingerprint density at radius 1 is 1.24 bits per heavy atom. The molecule has 17 heavy (non-hydrogen) atoms. The lowest BCUT2D eigenvalue weighted by Crippen LogP contribution is -2.10. The number of hydrogen-bond acceptors (Lipinski definition) is 2. The van der Waals surface area contributed by atoms with Gasteiger partial charge in [-0.3, -0.25) is 0 Å². The van der Waals surface area contributed by atoms with E-state index in [1.807, 2.05) is 31.2 Å². The summed E-state index contributed by atoms with van der Waals surface area (Å²) in [5.41, 5.74) is 0.902. The Labute approximate surface area is 105 Å². The third-order valence-electron chi connectivity index (χ3n) is 2.97. The molecule has 1 aromatic rings. The molecule has 1 N–H and O–H groups in total. The molecule has 1 aromatic carbocycles. The van der Waals surface area contributed by atoms with E-state index in [0.717, 1.165) is 17.9 Å². The van der Waals surface area contributed by atoms with Gasteiger partial charge in [0.25, 0.3) is 0 Å². The van der Waals surface area contributed by atoms with Gasteiger partial charge in [0.05, 0.1) is 12.7 Å². The van der Waals surface area contributed by atoms with Crippen molar-refractivity contribution in [1.29, 1.82) is 0 Å². The molecule has 0 aliphatic heterocycles. The second kappa shape index (κ2) is 7.33. The summed E-state index contributed by atoms with van der Waals surface area (Å²) in [7, 11) is 0. The molecular weight excluding hydrogens is 212 g/mol. The average Bonchev–Trinajstić information content (AvgIpc) is 2.36. The lowest BCUT2D eigenvalue weighted by atomic mass is 10.1. The van der Waals surface area contributed by atoms with Crippen LogP contribution in [0.25, 0.3) is 0 Å². The number of ether oxygens (including phenoxy) is 1. The van der Waals surface area contributed by atoms with E-state index >= 15 is 0 Å². The van der Waals surface area contributed by atoms with E-state index < -0.39 is 6.10 Å². The molecule has 0 aliphatic rings. The fraction of sp³-hybridized carbons (Fsp3) is 0.600. The highest BCUT2D eigenvalue weighted by Crippen LogP contribution is 2.27. The molecule has 0 radical (unpaired) electrons. The molecule has 0 spiro atoms. The van der Waals surface area contributed by atoms with Crippen LogP contribution in [0.15, 0.2) is 24.3 Å². The van der Waals surface area contributed by atoms with Crippen LogP contribution in [0.3, 0.4) is 0 Å². The Balaban J connectivity index is 2.63. The first kappa shape index (κ1) is 14.0. The van der Waals surface area contributed by atoms with Gasteiger partial charge >= 0.3 is 0 Å². The molecule has 0 bridgehead atoms. The van der Waals surface area contributed by atoms with Crippen molar-refractivity contribution in [2.45, 2.75) is 46.1 Å². The van der Waals surface area contributed by atoms with Crippen LogP contribution in [-0.2, 0) is 0 Å². The van der Waals surface area contributed by atoms with Crippen molar-refractivity contribution in [1.82, 2.24) is 0 Å². The van der Waals surface area contributed by atoms with Gasteiger partial charge in [0.15, 0.2) is 0 Å². The van der Waals surface area contributed by atoms with Gasteiger partial charge in [-0.1, -0.05) is 45.4 Å². The second-order valence-corrected chi connectivity index (χ2v) is 4.67. The normalized spacial score (nSPS) is 14.4. The highest BCUT2D eigenvalue weighted by molar-refractivity contribution is 5.34. The summed E-state index contributed by atoms with van der Waals surface area (Å²) < 4.78 is 5.81. The third-order valence-corrected chi connectivity index (χ3v) is 2.97. The number of aliphatic hydroxyl groups excluding tert-OH is 1. The van der Waals surface area contributed by atoms with Gasteiger partial charge in [0.1, 0.15) is 5.75 Å². The van der Waals surface area contributed by atoms with Crippen LogP contribution in [0.4, 0.5) is 0 Å². The molecule has 0 fully saturated rings. The minimum absolute atomic E-state index is 0.423. The van der Waals surface area contributed by atoms with Crippen molar-refractivity contribution >= 4 is 0 Å². The fourth-order valence-corrected chi connectivity index (χ4v) is 1.92. The Morgan fingerprint density at radius 2 is 1.94 bits per heavy atom. The molecule has 96 valence electrons. The number of para-hydroxylation sites is 1. The summed E-state index contributed by atoms with van der Waals surface area (Å²) in [5, 5.41) is 9.90. The first-order chi connectivity index (χ1) is 8.19. The van der Waals surface area contributed by atoms with Crippen LogP contribution in [-0.4, -0.2) is 11.7 Å². The van der Waals surface area contributed by atoms with E-state index in [-0.39, 0.29) is 0 Å². The maximum atomic E-state index is 9.90. The van der Waals surface area contributed by atoms with Crippen molar-refractivity contribution in [3.63, 3.8) is 0 Å². The largest absolute Gasteiger partial charge is 0.493 e.